The lowest BCUT2D eigenvalue weighted by atomic mass is 9.91. The molecule has 1 unspecified atom stereocenters. The number of anilines is 1. The minimum atomic E-state index is -1.45. The van der Waals surface area contributed by atoms with Crippen LogP contribution in [0.4, 0.5) is 9.39 Å². The van der Waals surface area contributed by atoms with Crippen LogP contribution < -0.4 is 5.73 Å². The van der Waals surface area contributed by atoms with E-state index in [0.717, 1.165) is 4.88 Å². The van der Waals surface area contributed by atoms with Crippen LogP contribution in [-0.4, -0.2) is 0 Å². The molecule has 0 bridgehead atoms. The van der Waals surface area contributed by atoms with E-state index in [1.54, 1.807) is 6.92 Å². The highest BCUT2D eigenvalue weighted by Crippen LogP contribution is 2.41. The SMILES string of the molecule is CCc1sc(N)c(C#N)c1C(C)(F)CC. The minimum absolute atomic E-state index is 0.323. The Bertz CT molecular complexity index is 401. The average molecular weight is 226 g/mol. The Morgan fingerprint density at radius 1 is 1.53 bits per heavy atom. The number of nitrogen functional groups attached to an aromatic ring is 1. The number of hydrogen-bond donors (Lipinski definition) is 1. The zero-order chi connectivity index (χ0) is 11.6. The second kappa shape index (κ2) is 4.19. The van der Waals surface area contributed by atoms with E-state index in [4.69, 9.17) is 11.0 Å². The summed E-state index contributed by atoms with van der Waals surface area (Å²) in [6.07, 6.45) is 1.07. The number of alkyl halides is 1. The van der Waals surface area contributed by atoms with Crippen molar-refractivity contribution in [3.63, 3.8) is 0 Å². The molecule has 0 spiro atoms. The van der Waals surface area contributed by atoms with E-state index in [2.05, 4.69) is 0 Å². The molecule has 1 rings (SSSR count). The lowest BCUT2D eigenvalue weighted by molar-refractivity contribution is 0.184. The summed E-state index contributed by atoms with van der Waals surface area (Å²) < 4.78 is 14.3. The van der Waals surface area contributed by atoms with Gasteiger partial charge in [-0.05, 0) is 19.8 Å². The number of hydrogen-bond acceptors (Lipinski definition) is 3. The molecular weight excluding hydrogens is 211 g/mol. The molecule has 1 aromatic rings. The van der Waals surface area contributed by atoms with Gasteiger partial charge in [-0.15, -0.1) is 11.3 Å². The Labute approximate surface area is 93.5 Å². The average Bonchev–Trinajstić information content (AvgIpc) is 2.55. The molecule has 2 nitrogen and oxygen atoms in total. The van der Waals surface area contributed by atoms with Crippen LogP contribution in [0.15, 0.2) is 0 Å². The smallest absolute Gasteiger partial charge is 0.135 e. The van der Waals surface area contributed by atoms with E-state index >= 15 is 0 Å². The molecule has 82 valence electrons. The summed E-state index contributed by atoms with van der Waals surface area (Å²) in [5.41, 5.74) is 5.08. The van der Waals surface area contributed by atoms with E-state index in [-0.39, 0.29) is 0 Å². The fourth-order valence-corrected chi connectivity index (χ4v) is 2.66. The van der Waals surface area contributed by atoms with Crippen LogP contribution in [0.3, 0.4) is 0 Å². The lowest BCUT2D eigenvalue weighted by Crippen LogP contribution is -2.16. The number of thiophene rings is 1. The van der Waals surface area contributed by atoms with Crippen LogP contribution in [0.2, 0.25) is 0 Å². The molecule has 0 fully saturated rings. The summed E-state index contributed by atoms with van der Waals surface area (Å²) in [7, 11) is 0. The van der Waals surface area contributed by atoms with Gasteiger partial charge in [0.1, 0.15) is 16.7 Å². The maximum Gasteiger partial charge on any atom is 0.135 e. The first-order valence-corrected chi connectivity index (χ1v) is 5.80. The predicted octanol–water partition coefficient (Wildman–Crippen LogP) is 3.36. The third-order valence-electron chi connectivity index (χ3n) is 2.63. The molecule has 0 aromatic carbocycles. The number of aryl methyl sites for hydroxylation is 1. The van der Waals surface area contributed by atoms with Crippen LogP contribution in [-0.2, 0) is 12.1 Å². The van der Waals surface area contributed by atoms with Gasteiger partial charge >= 0.3 is 0 Å². The third-order valence-corrected chi connectivity index (χ3v) is 3.79. The highest BCUT2D eigenvalue weighted by Gasteiger charge is 2.32. The maximum absolute atomic E-state index is 14.3. The second-order valence-electron chi connectivity index (χ2n) is 3.66. The van der Waals surface area contributed by atoms with Crippen molar-refractivity contribution >= 4 is 16.3 Å². The molecule has 0 aliphatic rings. The van der Waals surface area contributed by atoms with Crippen molar-refractivity contribution in [3.05, 3.63) is 16.0 Å². The maximum atomic E-state index is 14.3. The Morgan fingerprint density at radius 3 is 2.53 bits per heavy atom. The van der Waals surface area contributed by atoms with Gasteiger partial charge in [0.2, 0.25) is 0 Å². The third kappa shape index (κ3) is 1.98. The Morgan fingerprint density at radius 2 is 2.13 bits per heavy atom. The number of nitrogens with two attached hydrogens (primary N) is 1. The number of nitrogens with zero attached hydrogens (tertiary/aromatic N) is 1. The topological polar surface area (TPSA) is 49.8 Å². The van der Waals surface area contributed by atoms with E-state index in [9.17, 15) is 4.39 Å². The first-order valence-electron chi connectivity index (χ1n) is 4.98. The molecule has 0 aliphatic carbocycles. The molecule has 1 atom stereocenters. The van der Waals surface area contributed by atoms with Gasteiger partial charge in [-0.3, -0.25) is 0 Å². The molecule has 0 radical (unpaired) electrons. The molecule has 15 heavy (non-hydrogen) atoms. The van der Waals surface area contributed by atoms with Gasteiger partial charge in [0.25, 0.3) is 0 Å². The summed E-state index contributed by atoms with van der Waals surface area (Å²) >= 11 is 1.32. The summed E-state index contributed by atoms with van der Waals surface area (Å²) in [6, 6.07) is 2.00. The quantitative estimate of drug-likeness (QED) is 0.859. The molecule has 0 saturated heterocycles. The molecular formula is C11H15FN2S. The van der Waals surface area contributed by atoms with Gasteiger partial charge in [0.15, 0.2) is 0 Å². The molecule has 1 aromatic heterocycles. The molecule has 2 N–H and O–H groups in total. The first kappa shape index (κ1) is 12.0. The van der Waals surface area contributed by atoms with Crippen LogP contribution >= 0.6 is 11.3 Å². The fraction of sp³-hybridized carbons (Fsp3) is 0.545. The van der Waals surface area contributed by atoms with Crippen molar-refractivity contribution in [2.75, 3.05) is 5.73 Å². The van der Waals surface area contributed by atoms with E-state index < -0.39 is 5.67 Å². The summed E-state index contributed by atoms with van der Waals surface area (Å²) in [5.74, 6) is 0. The minimum Gasteiger partial charge on any atom is -0.389 e. The molecule has 4 heteroatoms. The molecule has 0 amide bonds. The van der Waals surface area contributed by atoms with Crippen molar-refractivity contribution in [1.82, 2.24) is 0 Å². The lowest BCUT2D eigenvalue weighted by Gasteiger charge is -2.19. The summed E-state index contributed by atoms with van der Waals surface area (Å²) in [6.45, 7) is 5.23. The monoisotopic (exact) mass is 226 g/mol. The van der Waals surface area contributed by atoms with Crippen molar-refractivity contribution < 1.29 is 4.39 Å². The summed E-state index contributed by atoms with van der Waals surface area (Å²) in [5, 5.41) is 9.41. The van der Waals surface area contributed by atoms with E-state index in [0.29, 0.717) is 29.0 Å². The number of rotatable bonds is 3. The first-order chi connectivity index (χ1) is 6.97. The van der Waals surface area contributed by atoms with Crippen molar-refractivity contribution in [1.29, 1.82) is 5.26 Å². The van der Waals surface area contributed by atoms with Gasteiger partial charge in [-0.1, -0.05) is 13.8 Å². The van der Waals surface area contributed by atoms with Crippen LogP contribution in [0.5, 0.6) is 0 Å². The fourth-order valence-electron chi connectivity index (χ4n) is 1.59. The summed E-state index contributed by atoms with van der Waals surface area (Å²) in [4.78, 5) is 0.885. The molecule has 0 aliphatic heterocycles. The Kier molecular flexibility index (Phi) is 3.35. The molecule has 1 heterocycles. The number of halogens is 1. The largest absolute Gasteiger partial charge is 0.389 e. The van der Waals surface area contributed by atoms with Gasteiger partial charge < -0.3 is 5.73 Å². The van der Waals surface area contributed by atoms with Crippen LogP contribution in [0.25, 0.3) is 0 Å². The Balaban J connectivity index is 3.44. The molecule has 0 saturated carbocycles. The zero-order valence-electron chi connectivity index (χ0n) is 9.22. The Hall–Kier alpha value is -1.08. The highest BCUT2D eigenvalue weighted by molar-refractivity contribution is 7.16. The van der Waals surface area contributed by atoms with Gasteiger partial charge in [0, 0.05) is 10.4 Å². The normalized spacial score (nSPS) is 14.6. The van der Waals surface area contributed by atoms with E-state index in [1.807, 2.05) is 13.0 Å². The predicted molar refractivity (Wildman–Crippen MR) is 61.6 cm³/mol. The zero-order valence-corrected chi connectivity index (χ0v) is 10.0. The van der Waals surface area contributed by atoms with Gasteiger partial charge in [-0.25, -0.2) is 4.39 Å². The van der Waals surface area contributed by atoms with Crippen molar-refractivity contribution in [2.45, 2.75) is 39.3 Å². The van der Waals surface area contributed by atoms with Gasteiger partial charge in [0.05, 0.1) is 5.56 Å². The van der Waals surface area contributed by atoms with Gasteiger partial charge in [-0.2, -0.15) is 5.26 Å². The second-order valence-corrected chi connectivity index (χ2v) is 4.79. The highest BCUT2D eigenvalue weighted by atomic mass is 32.1. The van der Waals surface area contributed by atoms with Crippen LogP contribution in [0, 0.1) is 11.3 Å². The number of nitriles is 1. The van der Waals surface area contributed by atoms with E-state index in [1.165, 1.54) is 18.3 Å². The van der Waals surface area contributed by atoms with Crippen LogP contribution in [0.1, 0.15) is 43.2 Å². The standard InChI is InChI=1S/C11H15FN2S/c1-4-8-9(11(3,12)5-2)7(6-13)10(14)15-8/h4-5,14H2,1-3H3. The van der Waals surface area contributed by atoms with Crippen molar-refractivity contribution in [3.8, 4) is 6.07 Å². The van der Waals surface area contributed by atoms with Crippen molar-refractivity contribution in [2.24, 2.45) is 0 Å².